The average molecular weight is 379 g/mol. The third-order valence-corrected chi connectivity index (χ3v) is 3.93. The maximum atomic E-state index is 13.6. The molecule has 0 heterocycles. The Morgan fingerprint density at radius 2 is 1.52 bits per heavy atom. The van der Waals surface area contributed by atoms with Gasteiger partial charge in [0.15, 0.2) is 17.5 Å². The van der Waals surface area contributed by atoms with Gasteiger partial charge in [0.2, 0.25) is 11.8 Å². The number of hydrogen-bond acceptors (Lipinski definition) is 3. The van der Waals surface area contributed by atoms with E-state index in [9.17, 15) is 22.8 Å². The van der Waals surface area contributed by atoms with Gasteiger partial charge in [0.05, 0.1) is 5.69 Å². The van der Waals surface area contributed by atoms with Crippen LogP contribution in [0.25, 0.3) is 0 Å². The lowest BCUT2D eigenvalue weighted by Crippen LogP contribution is -2.32. The molecular weight excluding hydrogens is 359 g/mol. The van der Waals surface area contributed by atoms with Crippen molar-refractivity contribution in [1.29, 1.82) is 0 Å². The molecule has 2 rings (SSSR count). The normalized spacial score (nSPS) is 10.4. The summed E-state index contributed by atoms with van der Waals surface area (Å²) in [5.74, 6) is -5.35. The molecule has 0 atom stereocenters. The average Bonchev–Trinajstić information content (AvgIpc) is 2.62. The summed E-state index contributed by atoms with van der Waals surface area (Å²) in [7, 11) is 3.78. The third-order valence-electron chi connectivity index (χ3n) is 3.93. The van der Waals surface area contributed by atoms with Gasteiger partial charge < -0.3 is 15.1 Å². The van der Waals surface area contributed by atoms with Gasteiger partial charge in [-0.15, -0.1) is 0 Å². The van der Waals surface area contributed by atoms with Gasteiger partial charge in [-0.25, -0.2) is 13.2 Å². The van der Waals surface area contributed by atoms with Crippen LogP contribution in [0.4, 0.5) is 30.2 Å². The highest BCUT2D eigenvalue weighted by Crippen LogP contribution is 2.21. The van der Waals surface area contributed by atoms with Gasteiger partial charge in [-0.1, -0.05) is 0 Å². The summed E-state index contributed by atoms with van der Waals surface area (Å²) in [6.07, 6.45) is -0.145. The van der Waals surface area contributed by atoms with Crippen LogP contribution in [0.5, 0.6) is 0 Å². The minimum atomic E-state index is -1.65. The van der Waals surface area contributed by atoms with Gasteiger partial charge in [0, 0.05) is 45.4 Å². The Hall–Kier alpha value is -3.03. The Bertz CT molecular complexity index is 839. The molecule has 2 amide bonds. The topological polar surface area (TPSA) is 52.7 Å². The van der Waals surface area contributed by atoms with E-state index in [4.69, 9.17) is 0 Å². The SMILES string of the molecule is CC(=O)N(CCC(=O)Nc1ccc(F)c(F)c1F)c1ccc(N(C)C)cc1. The lowest BCUT2D eigenvalue weighted by Gasteiger charge is -2.22. The van der Waals surface area contributed by atoms with Crippen molar-refractivity contribution < 1.29 is 22.8 Å². The number of halogens is 3. The van der Waals surface area contributed by atoms with Crippen LogP contribution in [0, 0.1) is 17.5 Å². The number of anilines is 3. The van der Waals surface area contributed by atoms with E-state index in [1.807, 2.05) is 31.1 Å². The van der Waals surface area contributed by atoms with Crippen molar-refractivity contribution in [2.24, 2.45) is 0 Å². The molecule has 0 unspecified atom stereocenters. The van der Waals surface area contributed by atoms with E-state index < -0.39 is 29.0 Å². The molecular formula is C19H20F3N3O2. The zero-order valence-electron chi connectivity index (χ0n) is 15.2. The molecule has 0 spiro atoms. The first-order valence-electron chi connectivity index (χ1n) is 8.19. The van der Waals surface area contributed by atoms with Crippen molar-refractivity contribution in [3.63, 3.8) is 0 Å². The molecule has 2 aromatic carbocycles. The molecule has 0 radical (unpaired) electrons. The van der Waals surface area contributed by atoms with Crippen LogP contribution in [0.3, 0.4) is 0 Å². The fraction of sp³-hybridized carbons (Fsp3) is 0.263. The quantitative estimate of drug-likeness (QED) is 0.781. The monoisotopic (exact) mass is 379 g/mol. The number of amides is 2. The summed E-state index contributed by atoms with van der Waals surface area (Å²) >= 11 is 0. The van der Waals surface area contributed by atoms with Gasteiger partial charge >= 0.3 is 0 Å². The van der Waals surface area contributed by atoms with E-state index in [1.54, 1.807) is 12.1 Å². The minimum Gasteiger partial charge on any atom is -0.378 e. The molecule has 0 saturated heterocycles. The molecule has 144 valence electrons. The van der Waals surface area contributed by atoms with Crippen LogP contribution in [0.15, 0.2) is 36.4 Å². The lowest BCUT2D eigenvalue weighted by molar-refractivity contribution is -0.117. The van der Waals surface area contributed by atoms with E-state index in [0.29, 0.717) is 5.69 Å². The molecule has 0 bridgehead atoms. The number of benzene rings is 2. The first kappa shape index (κ1) is 20.3. The molecule has 2 aromatic rings. The van der Waals surface area contributed by atoms with Crippen molar-refractivity contribution in [3.05, 3.63) is 53.8 Å². The van der Waals surface area contributed by atoms with Crippen molar-refractivity contribution >= 4 is 28.9 Å². The number of rotatable bonds is 6. The number of carbonyl (C=O) groups excluding carboxylic acids is 2. The summed E-state index contributed by atoms with van der Waals surface area (Å²) < 4.78 is 39.8. The van der Waals surface area contributed by atoms with E-state index in [1.165, 1.54) is 11.8 Å². The molecule has 0 aromatic heterocycles. The van der Waals surface area contributed by atoms with Gasteiger partial charge in [-0.3, -0.25) is 9.59 Å². The summed E-state index contributed by atoms with van der Waals surface area (Å²) in [5, 5.41) is 2.18. The molecule has 0 aliphatic heterocycles. The van der Waals surface area contributed by atoms with Crippen molar-refractivity contribution in [2.45, 2.75) is 13.3 Å². The van der Waals surface area contributed by atoms with Gasteiger partial charge in [-0.2, -0.15) is 0 Å². The number of carbonyl (C=O) groups is 2. The highest BCUT2D eigenvalue weighted by atomic mass is 19.2. The fourth-order valence-corrected chi connectivity index (χ4v) is 2.45. The molecule has 5 nitrogen and oxygen atoms in total. The van der Waals surface area contributed by atoms with E-state index in [2.05, 4.69) is 5.32 Å². The highest BCUT2D eigenvalue weighted by molar-refractivity contribution is 5.95. The first-order chi connectivity index (χ1) is 12.7. The summed E-state index contributed by atoms with van der Waals surface area (Å²) in [6.45, 7) is 1.42. The van der Waals surface area contributed by atoms with Crippen molar-refractivity contribution in [1.82, 2.24) is 0 Å². The Morgan fingerprint density at radius 1 is 0.926 bits per heavy atom. The fourth-order valence-electron chi connectivity index (χ4n) is 2.45. The van der Waals surface area contributed by atoms with Crippen LogP contribution in [0.1, 0.15) is 13.3 Å². The van der Waals surface area contributed by atoms with E-state index >= 15 is 0 Å². The number of nitrogens with one attached hydrogen (secondary N) is 1. The zero-order chi connectivity index (χ0) is 20.1. The zero-order valence-corrected chi connectivity index (χ0v) is 15.2. The second kappa shape index (κ2) is 8.57. The van der Waals surface area contributed by atoms with Crippen LogP contribution < -0.4 is 15.1 Å². The van der Waals surface area contributed by atoms with Crippen molar-refractivity contribution in [3.8, 4) is 0 Å². The first-order valence-corrected chi connectivity index (χ1v) is 8.19. The Kier molecular flexibility index (Phi) is 6.44. The molecule has 0 fully saturated rings. The smallest absolute Gasteiger partial charge is 0.226 e. The van der Waals surface area contributed by atoms with Crippen LogP contribution in [-0.4, -0.2) is 32.5 Å². The summed E-state index contributed by atoms with van der Waals surface area (Å²) in [5.41, 5.74) is 1.11. The number of hydrogen-bond donors (Lipinski definition) is 1. The maximum Gasteiger partial charge on any atom is 0.226 e. The van der Waals surface area contributed by atoms with Crippen LogP contribution >= 0.6 is 0 Å². The Balaban J connectivity index is 2.04. The standard InChI is InChI=1S/C19H20F3N3O2/c1-12(26)25(14-6-4-13(5-7-14)24(2)3)11-10-17(27)23-16-9-8-15(20)18(21)19(16)22/h4-9H,10-11H2,1-3H3,(H,23,27). The predicted molar refractivity (Wildman–Crippen MR) is 98.4 cm³/mol. The van der Waals surface area contributed by atoms with E-state index in [-0.39, 0.29) is 18.9 Å². The van der Waals surface area contributed by atoms with Crippen LogP contribution in [0.2, 0.25) is 0 Å². The summed E-state index contributed by atoms with van der Waals surface area (Å²) in [4.78, 5) is 27.2. The van der Waals surface area contributed by atoms with Crippen LogP contribution in [-0.2, 0) is 9.59 Å². The molecule has 0 saturated carbocycles. The Morgan fingerprint density at radius 3 is 2.07 bits per heavy atom. The van der Waals surface area contributed by atoms with Gasteiger partial charge in [0.25, 0.3) is 0 Å². The summed E-state index contributed by atoms with van der Waals surface area (Å²) in [6, 6.07) is 8.84. The predicted octanol–water partition coefficient (Wildman–Crippen LogP) is 3.55. The highest BCUT2D eigenvalue weighted by Gasteiger charge is 2.17. The van der Waals surface area contributed by atoms with Gasteiger partial charge in [0.1, 0.15) is 0 Å². The largest absolute Gasteiger partial charge is 0.378 e. The molecule has 27 heavy (non-hydrogen) atoms. The van der Waals surface area contributed by atoms with E-state index in [0.717, 1.165) is 17.8 Å². The molecule has 8 heteroatoms. The van der Waals surface area contributed by atoms with Gasteiger partial charge in [-0.05, 0) is 36.4 Å². The lowest BCUT2D eigenvalue weighted by atomic mass is 10.2. The minimum absolute atomic E-state index is 0.0494. The number of nitrogens with zero attached hydrogens (tertiary/aromatic N) is 2. The molecule has 1 N–H and O–H groups in total. The van der Waals surface area contributed by atoms with Crippen molar-refractivity contribution in [2.75, 3.05) is 35.8 Å². The third kappa shape index (κ3) is 4.99. The Labute approximate surface area is 155 Å². The molecule has 0 aliphatic rings. The second-order valence-electron chi connectivity index (χ2n) is 6.10. The second-order valence-corrected chi connectivity index (χ2v) is 6.10. The molecule has 0 aliphatic carbocycles. The maximum absolute atomic E-state index is 13.6.